The van der Waals surface area contributed by atoms with Gasteiger partial charge in [-0.2, -0.15) is 0 Å². The van der Waals surface area contributed by atoms with Gasteiger partial charge in [0, 0.05) is 36.6 Å². The first-order chi connectivity index (χ1) is 11.5. The Morgan fingerprint density at radius 1 is 1.42 bits per heavy atom. The predicted molar refractivity (Wildman–Crippen MR) is 98.6 cm³/mol. The lowest BCUT2D eigenvalue weighted by Crippen LogP contribution is -2.41. The highest BCUT2D eigenvalue weighted by atomic mass is 35.5. The lowest BCUT2D eigenvalue weighted by molar-refractivity contribution is -0.119. The van der Waals surface area contributed by atoms with Crippen LogP contribution in [0.4, 0.5) is 0 Å². The summed E-state index contributed by atoms with van der Waals surface area (Å²) in [6, 6.07) is 6.36. The Bertz CT molecular complexity index is 548. The minimum atomic E-state index is 0.0415. The van der Waals surface area contributed by atoms with Crippen molar-refractivity contribution in [3.63, 3.8) is 0 Å². The largest absolute Gasteiger partial charge is 0.491 e. The number of hydrogen-bond donors (Lipinski definition) is 1. The minimum absolute atomic E-state index is 0.0415. The second-order valence-electron chi connectivity index (χ2n) is 6.81. The molecule has 1 N–H and O–H groups in total. The molecule has 2 rings (SSSR count). The Morgan fingerprint density at radius 2 is 2.21 bits per heavy atom. The van der Waals surface area contributed by atoms with Crippen LogP contribution in [-0.2, 0) is 11.3 Å². The molecule has 24 heavy (non-hydrogen) atoms. The van der Waals surface area contributed by atoms with E-state index in [4.69, 9.17) is 16.3 Å². The van der Waals surface area contributed by atoms with E-state index in [0.717, 1.165) is 42.4 Å². The van der Waals surface area contributed by atoms with Gasteiger partial charge >= 0.3 is 0 Å². The minimum Gasteiger partial charge on any atom is -0.491 e. The standard InChI is InChI=1S/C19H29ClN2O2/c1-14(2)24-19-8-7-17(20)12-16(19)13-22-11-5-4-6-18(22)9-10-21-15(3)23/h7-8,12,14,18H,4-6,9-11,13H2,1-3H3,(H,21,23). The van der Waals surface area contributed by atoms with E-state index in [1.807, 2.05) is 32.0 Å². The van der Waals surface area contributed by atoms with E-state index in [2.05, 4.69) is 10.2 Å². The van der Waals surface area contributed by atoms with Gasteiger partial charge in [-0.05, 0) is 57.9 Å². The molecule has 5 heteroatoms. The first kappa shape index (κ1) is 19.1. The summed E-state index contributed by atoms with van der Waals surface area (Å²) in [5.74, 6) is 0.959. The van der Waals surface area contributed by atoms with Gasteiger partial charge in [-0.25, -0.2) is 0 Å². The smallest absolute Gasteiger partial charge is 0.216 e. The maximum atomic E-state index is 11.1. The molecule has 1 saturated heterocycles. The highest BCUT2D eigenvalue weighted by Crippen LogP contribution is 2.28. The van der Waals surface area contributed by atoms with E-state index in [-0.39, 0.29) is 12.0 Å². The third-order valence-electron chi connectivity index (χ3n) is 4.36. The summed E-state index contributed by atoms with van der Waals surface area (Å²) in [5, 5.41) is 3.66. The summed E-state index contributed by atoms with van der Waals surface area (Å²) in [5.41, 5.74) is 1.14. The topological polar surface area (TPSA) is 41.6 Å². The SMILES string of the molecule is CC(=O)NCCC1CCCCN1Cc1cc(Cl)ccc1OC(C)C. The number of piperidine rings is 1. The van der Waals surface area contributed by atoms with Gasteiger partial charge < -0.3 is 10.1 Å². The third kappa shape index (κ3) is 5.99. The second kappa shape index (κ2) is 9.28. The summed E-state index contributed by atoms with van der Waals surface area (Å²) in [4.78, 5) is 13.6. The fraction of sp³-hybridized carbons (Fsp3) is 0.632. The van der Waals surface area contributed by atoms with Crippen molar-refractivity contribution in [2.75, 3.05) is 13.1 Å². The van der Waals surface area contributed by atoms with Crippen molar-refractivity contribution in [1.82, 2.24) is 10.2 Å². The molecular weight excluding hydrogens is 324 g/mol. The van der Waals surface area contributed by atoms with E-state index < -0.39 is 0 Å². The number of ether oxygens (including phenoxy) is 1. The van der Waals surface area contributed by atoms with Crippen LogP contribution in [0.3, 0.4) is 0 Å². The highest BCUT2D eigenvalue weighted by Gasteiger charge is 2.23. The molecule has 1 amide bonds. The molecule has 4 nitrogen and oxygen atoms in total. The van der Waals surface area contributed by atoms with Crippen molar-refractivity contribution in [2.24, 2.45) is 0 Å². The lowest BCUT2D eigenvalue weighted by Gasteiger charge is -2.36. The average Bonchev–Trinajstić information content (AvgIpc) is 2.51. The Hall–Kier alpha value is -1.26. The number of carbonyl (C=O) groups is 1. The van der Waals surface area contributed by atoms with Crippen molar-refractivity contribution in [3.05, 3.63) is 28.8 Å². The van der Waals surface area contributed by atoms with Crippen LogP contribution in [0.25, 0.3) is 0 Å². The number of carbonyl (C=O) groups excluding carboxylic acids is 1. The van der Waals surface area contributed by atoms with Crippen molar-refractivity contribution in [1.29, 1.82) is 0 Å². The van der Waals surface area contributed by atoms with Gasteiger partial charge in [0.25, 0.3) is 0 Å². The van der Waals surface area contributed by atoms with Crippen LogP contribution in [0.5, 0.6) is 5.75 Å². The summed E-state index contributed by atoms with van der Waals surface area (Å²) >= 11 is 6.20. The van der Waals surface area contributed by atoms with E-state index in [9.17, 15) is 4.79 Å². The van der Waals surface area contributed by atoms with Gasteiger partial charge in [-0.15, -0.1) is 0 Å². The molecule has 0 spiro atoms. The Morgan fingerprint density at radius 3 is 2.92 bits per heavy atom. The van der Waals surface area contributed by atoms with Crippen LogP contribution in [0, 0.1) is 0 Å². The fourth-order valence-electron chi connectivity index (χ4n) is 3.27. The predicted octanol–water partition coefficient (Wildman–Crippen LogP) is 4.01. The first-order valence-electron chi connectivity index (χ1n) is 8.89. The summed E-state index contributed by atoms with van der Waals surface area (Å²) < 4.78 is 5.95. The van der Waals surface area contributed by atoms with Crippen molar-refractivity contribution in [3.8, 4) is 5.75 Å². The number of halogens is 1. The molecule has 0 bridgehead atoms. The zero-order valence-corrected chi connectivity index (χ0v) is 15.7. The van der Waals surface area contributed by atoms with Crippen LogP contribution in [0.2, 0.25) is 5.02 Å². The van der Waals surface area contributed by atoms with Crippen molar-refractivity contribution >= 4 is 17.5 Å². The zero-order valence-electron chi connectivity index (χ0n) is 15.0. The van der Waals surface area contributed by atoms with Gasteiger partial charge in [0.1, 0.15) is 5.75 Å². The van der Waals surface area contributed by atoms with E-state index in [1.54, 1.807) is 6.92 Å². The molecule has 1 unspecified atom stereocenters. The molecule has 0 aromatic heterocycles. The van der Waals surface area contributed by atoms with E-state index in [0.29, 0.717) is 6.04 Å². The molecule has 1 fully saturated rings. The fourth-order valence-corrected chi connectivity index (χ4v) is 3.46. The molecule has 1 aromatic carbocycles. The summed E-state index contributed by atoms with van der Waals surface area (Å²) in [6.45, 7) is 8.30. The molecular formula is C19H29ClN2O2. The van der Waals surface area contributed by atoms with Crippen LogP contribution < -0.4 is 10.1 Å². The van der Waals surface area contributed by atoms with Crippen LogP contribution in [-0.4, -0.2) is 36.0 Å². The quantitative estimate of drug-likeness (QED) is 0.806. The summed E-state index contributed by atoms with van der Waals surface area (Å²) in [6.07, 6.45) is 4.78. The lowest BCUT2D eigenvalue weighted by atomic mass is 9.98. The van der Waals surface area contributed by atoms with Crippen LogP contribution >= 0.6 is 11.6 Å². The Balaban J connectivity index is 2.06. The maximum absolute atomic E-state index is 11.1. The van der Waals surface area contributed by atoms with Crippen LogP contribution in [0.15, 0.2) is 18.2 Å². The van der Waals surface area contributed by atoms with Crippen LogP contribution in [0.1, 0.15) is 52.0 Å². The molecule has 1 aliphatic heterocycles. The number of likely N-dealkylation sites (tertiary alicyclic amines) is 1. The number of hydrogen-bond acceptors (Lipinski definition) is 3. The molecule has 0 aliphatic carbocycles. The molecule has 134 valence electrons. The monoisotopic (exact) mass is 352 g/mol. The number of amides is 1. The molecule has 1 aliphatic rings. The van der Waals surface area contributed by atoms with Gasteiger partial charge in [-0.1, -0.05) is 18.0 Å². The Kier molecular flexibility index (Phi) is 7.38. The molecule has 1 heterocycles. The third-order valence-corrected chi connectivity index (χ3v) is 4.59. The number of nitrogens with one attached hydrogen (secondary N) is 1. The Labute approximate surface area is 150 Å². The van der Waals surface area contributed by atoms with Crippen molar-refractivity contribution < 1.29 is 9.53 Å². The number of nitrogens with zero attached hydrogens (tertiary/aromatic N) is 1. The highest BCUT2D eigenvalue weighted by molar-refractivity contribution is 6.30. The van der Waals surface area contributed by atoms with Gasteiger partial charge in [0.15, 0.2) is 0 Å². The number of rotatable bonds is 7. The second-order valence-corrected chi connectivity index (χ2v) is 7.25. The van der Waals surface area contributed by atoms with E-state index >= 15 is 0 Å². The average molecular weight is 353 g/mol. The van der Waals surface area contributed by atoms with Gasteiger partial charge in [0.2, 0.25) is 5.91 Å². The van der Waals surface area contributed by atoms with Gasteiger partial charge in [0.05, 0.1) is 6.10 Å². The first-order valence-corrected chi connectivity index (χ1v) is 9.27. The maximum Gasteiger partial charge on any atom is 0.216 e. The zero-order chi connectivity index (χ0) is 17.5. The summed E-state index contributed by atoms with van der Waals surface area (Å²) in [7, 11) is 0. The molecule has 0 saturated carbocycles. The van der Waals surface area contributed by atoms with Gasteiger partial charge in [-0.3, -0.25) is 9.69 Å². The normalized spacial score (nSPS) is 18.6. The number of benzene rings is 1. The molecule has 0 radical (unpaired) electrons. The van der Waals surface area contributed by atoms with Crippen molar-refractivity contribution in [2.45, 2.75) is 65.1 Å². The molecule has 1 aromatic rings. The van der Waals surface area contributed by atoms with E-state index in [1.165, 1.54) is 19.3 Å². The molecule has 1 atom stereocenters.